The van der Waals surface area contributed by atoms with Crippen LogP contribution in [0.25, 0.3) is 22.0 Å². The molecular formula is C27H25Cl2F2N5O4. The molecule has 5 rings (SSSR count). The summed E-state index contributed by atoms with van der Waals surface area (Å²) in [5.41, 5.74) is 14.7. The van der Waals surface area contributed by atoms with Gasteiger partial charge in [-0.3, -0.25) is 9.59 Å². The number of aliphatic hydroxyl groups excluding tert-OH is 1. The van der Waals surface area contributed by atoms with Crippen LogP contribution in [-0.2, 0) is 29.2 Å². The van der Waals surface area contributed by atoms with Crippen molar-refractivity contribution in [1.29, 1.82) is 0 Å². The van der Waals surface area contributed by atoms with E-state index < -0.39 is 36.9 Å². The van der Waals surface area contributed by atoms with Crippen LogP contribution < -0.4 is 11.5 Å². The normalized spacial score (nSPS) is 12.8. The first-order valence-corrected chi connectivity index (χ1v) is 11.7. The zero-order valence-electron chi connectivity index (χ0n) is 20.8. The molecule has 5 N–H and O–H groups in total. The third-order valence-corrected chi connectivity index (χ3v) is 6.37. The molecule has 3 aromatic carbocycles. The summed E-state index contributed by atoms with van der Waals surface area (Å²) in [6.07, 6.45) is 0. The van der Waals surface area contributed by atoms with Crippen LogP contribution in [0.4, 0.5) is 14.7 Å². The van der Waals surface area contributed by atoms with Gasteiger partial charge in [-0.15, -0.1) is 24.8 Å². The topological polar surface area (TPSA) is 145 Å². The van der Waals surface area contributed by atoms with E-state index in [0.717, 1.165) is 23.3 Å². The Morgan fingerprint density at radius 2 is 1.65 bits per heavy atom. The lowest BCUT2D eigenvalue weighted by Gasteiger charge is -2.17. The lowest BCUT2D eigenvalue weighted by molar-refractivity contribution is -0.147. The quantitative estimate of drug-likeness (QED) is 0.289. The Morgan fingerprint density at radius 3 is 2.30 bits per heavy atom. The summed E-state index contributed by atoms with van der Waals surface area (Å²) in [5.74, 6) is -3.57. The number of benzene rings is 3. The molecule has 13 heteroatoms. The summed E-state index contributed by atoms with van der Waals surface area (Å²) in [6, 6.07) is 13.1. The van der Waals surface area contributed by atoms with E-state index in [2.05, 4.69) is 9.97 Å². The van der Waals surface area contributed by atoms with Gasteiger partial charge in [0.05, 0.1) is 12.1 Å². The molecule has 0 saturated heterocycles. The van der Waals surface area contributed by atoms with E-state index >= 15 is 0 Å². The smallest absolute Gasteiger partial charge is 0.325 e. The van der Waals surface area contributed by atoms with E-state index in [9.17, 15) is 18.4 Å². The molecule has 0 spiro atoms. The Kier molecular flexibility index (Phi) is 9.59. The van der Waals surface area contributed by atoms with E-state index in [1.165, 1.54) is 0 Å². The van der Waals surface area contributed by atoms with E-state index in [1.54, 1.807) is 23.1 Å². The minimum atomic E-state index is -1.27. The average molecular weight is 592 g/mol. The zero-order valence-corrected chi connectivity index (χ0v) is 22.5. The zero-order chi connectivity index (χ0) is 27.0. The number of halogens is 4. The fourth-order valence-corrected chi connectivity index (χ4v) is 4.41. The highest BCUT2D eigenvalue weighted by Crippen LogP contribution is 2.32. The van der Waals surface area contributed by atoms with Crippen molar-refractivity contribution in [3.63, 3.8) is 0 Å². The van der Waals surface area contributed by atoms with Crippen molar-refractivity contribution < 1.29 is 28.2 Å². The van der Waals surface area contributed by atoms with Gasteiger partial charge < -0.3 is 26.2 Å². The van der Waals surface area contributed by atoms with Crippen LogP contribution in [0.2, 0.25) is 0 Å². The molecule has 9 nitrogen and oxygen atoms in total. The number of hydrogen-bond acceptors (Lipinski definition) is 8. The van der Waals surface area contributed by atoms with Crippen molar-refractivity contribution in [2.24, 2.45) is 5.73 Å². The number of amides is 1. The van der Waals surface area contributed by atoms with Gasteiger partial charge >= 0.3 is 5.97 Å². The number of fused-ring (bicyclic) bond motifs is 2. The van der Waals surface area contributed by atoms with Crippen LogP contribution in [0.1, 0.15) is 27.2 Å². The SMILES string of the molecule is Cl.Cl.Nc1nc(C(=O)N2Cc3ccccc3C2)c2cc(-c3cc(F)c(F)cc3COC(=O)[C@H](N)CO)ccc2n1. The monoisotopic (exact) mass is 591 g/mol. The number of esters is 1. The standard InChI is InChI=1S/C27H23F2N5O4.2ClH/c28-20-8-17(13-38-26(37)22(30)12-35)18(9-21(20)29)14-5-6-23-19(7-14)24(33-27(31)32-23)25(36)34-10-15-3-1-2-4-16(15)11-34;;/h1-9,22,35H,10-13,30H2,(H2,31,32,33);2*1H/t22-;;/m1../s1. The fourth-order valence-electron chi connectivity index (χ4n) is 4.41. The van der Waals surface area contributed by atoms with E-state index in [4.69, 9.17) is 21.3 Å². The van der Waals surface area contributed by atoms with Gasteiger partial charge in [0.1, 0.15) is 18.3 Å². The number of carbonyl (C=O) groups excluding carboxylic acids is 2. The summed E-state index contributed by atoms with van der Waals surface area (Å²) in [4.78, 5) is 35.6. The number of carbonyl (C=O) groups is 2. The van der Waals surface area contributed by atoms with E-state index in [0.29, 0.717) is 29.6 Å². The third-order valence-electron chi connectivity index (χ3n) is 6.37. The first kappa shape index (κ1) is 30.6. The lowest BCUT2D eigenvalue weighted by atomic mass is 9.97. The summed E-state index contributed by atoms with van der Waals surface area (Å²) >= 11 is 0. The average Bonchev–Trinajstić information content (AvgIpc) is 3.36. The highest BCUT2D eigenvalue weighted by molar-refractivity contribution is 6.06. The predicted molar refractivity (Wildman–Crippen MR) is 149 cm³/mol. The molecule has 0 aliphatic carbocycles. The molecule has 1 aliphatic heterocycles. The second-order valence-electron chi connectivity index (χ2n) is 8.91. The number of nitrogens with zero attached hydrogens (tertiary/aromatic N) is 3. The second-order valence-corrected chi connectivity index (χ2v) is 8.91. The van der Waals surface area contributed by atoms with Gasteiger partial charge in [0, 0.05) is 24.0 Å². The maximum absolute atomic E-state index is 14.3. The molecule has 0 unspecified atom stereocenters. The number of rotatable bonds is 6. The molecule has 1 atom stereocenters. The van der Waals surface area contributed by atoms with Gasteiger partial charge in [-0.1, -0.05) is 30.3 Å². The van der Waals surface area contributed by atoms with Gasteiger partial charge in [-0.05, 0) is 46.5 Å². The van der Waals surface area contributed by atoms with Crippen LogP contribution in [0.5, 0.6) is 0 Å². The number of aliphatic hydroxyl groups is 1. The van der Waals surface area contributed by atoms with E-state index in [-0.39, 0.29) is 53.5 Å². The third kappa shape index (κ3) is 5.97. The molecule has 2 heterocycles. The van der Waals surface area contributed by atoms with Crippen LogP contribution in [0.15, 0.2) is 54.6 Å². The van der Waals surface area contributed by atoms with E-state index in [1.807, 2.05) is 24.3 Å². The Bertz CT molecular complexity index is 1570. The van der Waals surface area contributed by atoms with Crippen molar-refractivity contribution >= 4 is 53.5 Å². The van der Waals surface area contributed by atoms with Crippen molar-refractivity contribution in [2.75, 3.05) is 12.3 Å². The van der Waals surface area contributed by atoms with Crippen LogP contribution >= 0.6 is 24.8 Å². The molecule has 0 fully saturated rings. The van der Waals surface area contributed by atoms with Crippen LogP contribution in [0.3, 0.4) is 0 Å². The Labute approximate surface area is 240 Å². The van der Waals surface area contributed by atoms with Crippen molar-refractivity contribution in [3.05, 3.63) is 88.6 Å². The van der Waals surface area contributed by atoms with Gasteiger partial charge in [0.25, 0.3) is 5.91 Å². The molecule has 40 heavy (non-hydrogen) atoms. The number of ether oxygens (including phenoxy) is 1. The molecule has 1 amide bonds. The fraction of sp³-hybridized carbons (Fsp3) is 0.185. The molecular weight excluding hydrogens is 567 g/mol. The minimum Gasteiger partial charge on any atom is -0.460 e. The molecule has 1 aromatic heterocycles. The maximum atomic E-state index is 14.3. The van der Waals surface area contributed by atoms with Crippen molar-refractivity contribution in [3.8, 4) is 11.1 Å². The van der Waals surface area contributed by atoms with Gasteiger partial charge in [-0.2, -0.15) is 0 Å². The second kappa shape index (κ2) is 12.5. The highest BCUT2D eigenvalue weighted by Gasteiger charge is 2.27. The number of nitrogen functional groups attached to an aromatic ring is 1. The molecule has 0 saturated carbocycles. The Hall–Kier alpha value is -3.90. The minimum absolute atomic E-state index is 0. The number of anilines is 1. The van der Waals surface area contributed by atoms with Crippen LogP contribution in [0, 0.1) is 11.6 Å². The summed E-state index contributed by atoms with van der Waals surface area (Å²) < 4.78 is 33.5. The lowest BCUT2D eigenvalue weighted by Crippen LogP contribution is -2.35. The Balaban J connectivity index is 0.00000220. The van der Waals surface area contributed by atoms with Crippen molar-refractivity contribution in [1.82, 2.24) is 14.9 Å². The molecule has 0 bridgehead atoms. The first-order chi connectivity index (χ1) is 18.2. The van der Waals surface area contributed by atoms with Crippen LogP contribution in [-0.4, -0.2) is 44.5 Å². The summed E-state index contributed by atoms with van der Waals surface area (Å²) in [5, 5.41) is 9.42. The number of hydrogen-bond donors (Lipinski definition) is 3. The Morgan fingerprint density at radius 1 is 1.00 bits per heavy atom. The summed E-state index contributed by atoms with van der Waals surface area (Å²) in [6.45, 7) is -0.229. The van der Waals surface area contributed by atoms with Gasteiger partial charge in [-0.25, -0.2) is 18.7 Å². The molecule has 210 valence electrons. The highest BCUT2D eigenvalue weighted by atomic mass is 35.5. The predicted octanol–water partition coefficient (Wildman–Crippen LogP) is 3.52. The molecule has 4 aromatic rings. The molecule has 1 aliphatic rings. The number of aromatic nitrogens is 2. The largest absolute Gasteiger partial charge is 0.460 e. The first-order valence-electron chi connectivity index (χ1n) is 11.7. The number of nitrogens with two attached hydrogens (primary N) is 2. The maximum Gasteiger partial charge on any atom is 0.325 e. The van der Waals surface area contributed by atoms with Gasteiger partial charge in [0.15, 0.2) is 11.6 Å². The van der Waals surface area contributed by atoms with Crippen molar-refractivity contribution in [2.45, 2.75) is 25.7 Å². The molecule has 0 radical (unpaired) electrons. The van der Waals surface area contributed by atoms with Gasteiger partial charge in [0.2, 0.25) is 5.95 Å². The summed E-state index contributed by atoms with van der Waals surface area (Å²) in [7, 11) is 0.